The fourth-order valence-electron chi connectivity index (χ4n) is 2.26. The molecule has 0 bridgehead atoms. The van der Waals surface area contributed by atoms with E-state index in [9.17, 15) is 0 Å². The molecule has 1 saturated heterocycles. The number of hydrazine groups is 1. The van der Waals surface area contributed by atoms with E-state index in [1.165, 1.54) is 24.1 Å². The molecule has 4 nitrogen and oxygen atoms in total. The normalized spacial score (nSPS) is 17.2. The van der Waals surface area contributed by atoms with E-state index in [2.05, 4.69) is 33.4 Å². The van der Waals surface area contributed by atoms with Crippen LogP contribution in [0.4, 0.5) is 5.82 Å². The monoisotopic (exact) mass is 282 g/mol. The van der Waals surface area contributed by atoms with Crippen molar-refractivity contribution in [2.45, 2.75) is 26.2 Å². The van der Waals surface area contributed by atoms with Gasteiger partial charge in [0.1, 0.15) is 4.83 Å². The lowest BCUT2D eigenvalue weighted by atomic mass is 10.2. The van der Waals surface area contributed by atoms with E-state index >= 15 is 0 Å². The number of thiophene rings is 1. The number of fused-ring (bicyclic) bond motifs is 1. The quantitative estimate of drug-likeness (QED) is 0.857. The van der Waals surface area contributed by atoms with Crippen molar-refractivity contribution in [3.8, 4) is 0 Å². The minimum absolute atomic E-state index is 0.309. The van der Waals surface area contributed by atoms with Gasteiger partial charge in [-0.15, -0.1) is 11.3 Å². The molecule has 0 unspecified atom stereocenters. The lowest BCUT2D eigenvalue weighted by Crippen LogP contribution is -2.35. The van der Waals surface area contributed by atoms with Crippen LogP contribution in [0.15, 0.2) is 6.07 Å². The molecule has 3 rings (SSSR count). The molecule has 3 heterocycles. The minimum Gasteiger partial charge on any atom is -0.302 e. The first kappa shape index (κ1) is 12.1. The zero-order valence-electron chi connectivity index (χ0n) is 10.2. The first-order chi connectivity index (χ1) is 8.72. The van der Waals surface area contributed by atoms with Crippen molar-refractivity contribution < 1.29 is 0 Å². The van der Waals surface area contributed by atoms with Gasteiger partial charge in [0.25, 0.3) is 0 Å². The Bertz CT molecular complexity index is 562. The number of rotatable bonds is 2. The highest BCUT2D eigenvalue weighted by atomic mass is 35.5. The Kier molecular flexibility index (Phi) is 3.37. The molecular formula is C12H15ClN4S. The fourth-order valence-corrected chi connectivity index (χ4v) is 3.36. The van der Waals surface area contributed by atoms with Gasteiger partial charge in [0.05, 0.1) is 5.39 Å². The number of halogens is 1. The summed E-state index contributed by atoms with van der Waals surface area (Å²) >= 11 is 7.63. The third-order valence-corrected chi connectivity index (χ3v) is 4.22. The summed E-state index contributed by atoms with van der Waals surface area (Å²) in [6.45, 7) is 4.20. The Morgan fingerprint density at radius 1 is 1.28 bits per heavy atom. The van der Waals surface area contributed by atoms with Crippen LogP contribution in [0.25, 0.3) is 10.2 Å². The van der Waals surface area contributed by atoms with Crippen molar-refractivity contribution >= 4 is 39.0 Å². The van der Waals surface area contributed by atoms with Crippen LogP contribution in [0, 0.1) is 6.92 Å². The minimum atomic E-state index is 0.309. The SMILES string of the molecule is Cc1cc2c(NN3CCCCC3)nc(Cl)nc2s1. The zero-order valence-corrected chi connectivity index (χ0v) is 11.8. The van der Waals surface area contributed by atoms with Gasteiger partial charge in [0, 0.05) is 18.0 Å². The summed E-state index contributed by atoms with van der Waals surface area (Å²) in [5.41, 5.74) is 3.38. The van der Waals surface area contributed by atoms with Crippen molar-refractivity contribution in [1.82, 2.24) is 15.0 Å². The van der Waals surface area contributed by atoms with Crippen LogP contribution in [0.3, 0.4) is 0 Å². The van der Waals surface area contributed by atoms with Crippen molar-refractivity contribution in [3.05, 3.63) is 16.2 Å². The number of nitrogens with one attached hydrogen (secondary N) is 1. The molecule has 1 fully saturated rings. The second-order valence-electron chi connectivity index (χ2n) is 4.58. The molecule has 1 N–H and O–H groups in total. The molecule has 0 amide bonds. The molecule has 1 aliphatic heterocycles. The highest BCUT2D eigenvalue weighted by Gasteiger charge is 2.14. The lowest BCUT2D eigenvalue weighted by molar-refractivity contribution is 0.272. The Morgan fingerprint density at radius 2 is 2.06 bits per heavy atom. The molecule has 0 aliphatic carbocycles. The first-order valence-electron chi connectivity index (χ1n) is 6.18. The third kappa shape index (κ3) is 2.43. The van der Waals surface area contributed by atoms with Crippen LogP contribution in [0.5, 0.6) is 0 Å². The van der Waals surface area contributed by atoms with Crippen molar-refractivity contribution in [2.75, 3.05) is 18.5 Å². The van der Waals surface area contributed by atoms with Gasteiger partial charge >= 0.3 is 0 Å². The predicted molar refractivity (Wildman–Crippen MR) is 76.2 cm³/mol. The Labute approximate surface area is 115 Å². The van der Waals surface area contributed by atoms with E-state index in [0.29, 0.717) is 5.28 Å². The summed E-state index contributed by atoms with van der Waals surface area (Å²) in [6.07, 6.45) is 3.78. The van der Waals surface area contributed by atoms with Crippen LogP contribution in [0.1, 0.15) is 24.1 Å². The van der Waals surface area contributed by atoms with Gasteiger partial charge in [0.15, 0.2) is 5.82 Å². The van der Waals surface area contributed by atoms with Gasteiger partial charge in [0.2, 0.25) is 5.28 Å². The van der Waals surface area contributed by atoms with Gasteiger partial charge in [-0.2, -0.15) is 4.98 Å². The molecule has 18 heavy (non-hydrogen) atoms. The maximum absolute atomic E-state index is 5.98. The molecule has 0 radical (unpaired) electrons. The Balaban J connectivity index is 1.94. The van der Waals surface area contributed by atoms with E-state index in [1.807, 2.05) is 0 Å². The summed E-state index contributed by atoms with van der Waals surface area (Å²) in [5.74, 6) is 0.830. The highest BCUT2D eigenvalue weighted by molar-refractivity contribution is 7.18. The highest BCUT2D eigenvalue weighted by Crippen LogP contribution is 2.30. The van der Waals surface area contributed by atoms with E-state index in [4.69, 9.17) is 11.6 Å². The van der Waals surface area contributed by atoms with Crippen LogP contribution >= 0.6 is 22.9 Å². The molecule has 1 aliphatic rings. The zero-order chi connectivity index (χ0) is 12.5. The molecule has 0 saturated carbocycles. The second kappa shape index (κ2) is 4.99. The van der Waals surface area contributed by atoms with Crippen LogP contribution in [-0.4, -0.2) is 28.1 Å². The molecular weight excluding hydrogens is 268 g/mol. The van der Waals surface area contributed by atoms with Gasteiger partial charge in [-0.25, -0.2) is 9.99 Å². The first-order valence-corrected chi connectivity index (χ1v) is 7.37. The van der Waals surface area contributed by atoms with Crippen LogP contribution in [-0.2, 0) is 0 Å². The number of nitrogens with zero attached hydrogens (tertiary/aromatic N) is 3. The van der Waals surface area contributed by atoms with E-state index in [0.717, 1.165) is 29.1 Å². The summed E-state index contributed by atoms with van der Waals surface area (Å²) in [7, 11) is 0. The average Bonchev–Trinajstić information content (AvgIpc) is 2.71. The van der Waals surface area contributed by atoms with Crippen molar-refractivity contribution in [2.24, 2.45) is 0 Å². The van der Waals surface area contributed by atoms with E-state index in [-0.39, 0.29) is 0 Å². The van der Waals surface area contributed by atoms with E-state index in [1.54, 1.807) is 11.3 Å². The number of piperidine rings is 1. The molecule has 0 spiro atoms. The fraction of sp³-hybridized carbons (Fsp3) is 0.500. The Hall–Kier alpha value is -0.910. The summed E-state index contributed by atoms with van der Waals surface area (Å²) in [4.78, 5) is 10.8. The standard InChI is InChI=1S/C12H15ClN4S/c1-8-7-9-10(14-12(13)15-11(9)18-8)16-17-5-3-2-4-6-17/h7H,2-6H2,1H3,(H,14,15,16). The maximum atomic E-state index is 5.98. The van der Waals surface area contributed by atoms with Gasteiger partial charge < -0.3 is 5.43 Å². The van der Waals surface area contributed by atoms with Crippen LogP contribution in [0.2, 0.25) is 5.28 Å². The maximum Gasteiger partial charge on any atom is 0.225 e. The summed E-state index contributed by atoms with van der Waals surface area (Å²) in [6, 6.07) is 2.11. The van der Waals surface area contributed by atoms with E-state index < -0.39 is 0 Å². The molecule has 2 aromatic heterocycles. The third-order valence-electron chi connectivity index (χ3n) is 3.11. The molecule has 0 aromatic carbocycles. The average molecular weight is 283 g/mol. The van der Waals surface area contributed by atoms with Crippen molar-refractivity contribution in [1.29, 1.82) is 0 Å². The topological polar surface area (TPSA) is 41.0 Å². The van der Waals surface area contributed by atoms with Gasteiger partial charge in [-0.3, -0.25) is 0 Å². The summed E-state index contributed by atoms with van der Waals surface area (Å²) in [5, 5.41) is 3.59. The second-order valence-corrected chi connectivity index (χ2v) is 6.15. The Morgan fingerprint density at radius 3 is 2.83 bits per heavy atom. The number of aryl methyl sites for hydroxylation is 1. The van der Waals surface area contributed by atoms with Gasteiger partial charge in [-0.1, -0.05) is 6.42 Å². The summed E-state index contributed by atoms with van der Waals surface area (Å²) < 4.78 is 0. The largest absolute Gasteiger partial charge is 0.302 e. The number of aromatic nitrogens is 2. The molecule has 2 aromatic rings. The molecule has 96 valence electrons. The smallest absolute Gasteiger partial charge is 0.225 e. The number of hydrogen-bond acceptors (Lipinski definition) is 5. The lowest BCUT2D eigenvalue weighted by Gasteiger charge is -2.27. The molecule has 0 atom stereocenters. The van der Waals surface area contributed by atoms with Crippen molar-refractivity contribution in [3.63, 3.8) is 0 Å². The number of anilines is 1. The van der Waals surface area contributed by atoms with Crippen LogP contribution < -0.4 is 5.43 Å². The molecule has 6 heteroatoms. The predicted octanol–water partition coefficient (Wildman–Crippen LogP) is 3.47. The number of hydrogen-bond donors (Lipinski definition) is 1. The van der Waals surface area contributed by atoms with Gasteiger partial charge in [-0.05, 0) is 37.4 Å².